The zero-order valence-corrected chi connectivity index (χ0v) is 20.5. The van der Waals surface area contributed by atoms with E-state index in [0.29, 0.717) is 37.5 Å². The lowest BCUT2D eigenvalue weighted by molar-refractivity contribution is -0.141. The van der Waals surface area contributed by atoms with Gasteiger partial charge < -0.3 is 19.1 Å². The third-order valence-electron chi connectivity index (χ3n) is 5.89. The number of ether oxygens (including phenoxy) is 3. The Labute approximate surface area is 201 Å². The first-order valence-electron chi connectivity index (χ1n) is 11.4. The summed E-state index contributed by atoms with van der Waals surface area (Å²) in [5.41, 5.74) is 3.66. The fourth-order valence-electron chi connectivity index (χ4n) is 3.94. The minimum Gasteiger partial charge on any atom is -0.497 e. The maximum Gasteiger partial charge on any atom is 0.262 e. The van der Waals surface area contributed by atoms with Crippen LogP contribution in [0.3, 0.4) is 0 Å². The van der Waals surface area contributed by atoms with Crippen LogP contribution >= 0.6 is 0 Å². The Hall–Kier alpha value is -3.39. The van der Waals surface area contributed by atoms with Crippen molar-refractivity contribution in [1.82, 2.24) is 9.91 Å². The second-order valence-electron chi connectivity index (χ2n) is 8.14. The van der Waals surface area contributed by atoms with Gasteiger partial charge in [0, 0.05) is 38.1 Å². The van der Waals surface area contributed by atoms with Crippen LogP contribution in [0.1, 0.15) is 42.5 Å². The van der Waals surface area contributed by atoms with Gasteiger partial charge in [-0.05, 0) is 24.6 Å². The van der Waals surface area contributed by atoms with Crippen LogP contribution in [0.25, 0.3) is 0 Å². The maximum atomic E-state index is 13.5. The van der Waals surface area contributed by atoms with Gasteiger partial charge in [-0.25, -0.2) is 5.01 Å². The van der Waals surface area contributed by atoms with E-state index >= 15 is 0 Å². The van der Waals surface area contributed by atoms with Gasteiger partial charge in [0.05, 0.1) is 32.6 Å². The van der Waals surface area contributed by atoms with Gasteiger partial charge in [0.15, 0.2) is 0 Å². The van der Waals surface area contributed by atoms with Gasteiger partial charge in [-0.3, -0.25) is 9.59 Å². The smallest absolute Gasteiger partial charge is 0.262 e. The number of aryl methyl sites for hydroxylation is 1. The van der Waals surface area contributed by atoms with Gasteiger partial charge in [-0.15, -0.1) is 0 Å². The minimum absolute atomic E-state index is 0.0606. The SMILES string of the molecule is CCC(=O)N(CCOC)CC(=O)N1N=C(c2ccc(OC)cc2OC)CC1c1ccc(C)cc1. The van der Waals surface area contributed by atoms with Gasteiger partial charge in [-0.2, -0.15) is 5.10 Å². The summed E-state index contributed by atoms with van der Waals surface area (Å²) in [5.74, 6) is 0.954. The normalized spacial score (nSPS) is 15.1. The topological polar surface area (TPSA) is 80.7 Å². The third-order valence-corrected chi connectivity index (χ3v) is 5.89. The Morgan fingerprint density at radius 2 is 1.82 bits per heavy atom. The molecule has 34 heavy (non-hydrogen) atoms. The maximum absolute atomic E-state index is 13.5. The van der Waals surface area contributed by atoms with E-state index in [1.54, 1.807) is 34.3 Å². The molecule has 2 aromatic rings. The lowest BCUT2D eigenvalue weighted by Crippen LogP contribution is -2.42. The lowest BCUT2D eigenvalue weighted by atomic mass is 9.97. The molecule has 0 fully saturated rings. The average Bonchev–Trinajstić information content (AvgIpc) is 3.31. The number of carbonyl (C=O) groups excluding carboxylic acids is 2. The molecule has 1 atom stereocenters. The summed E-state index contributed by atoms with van der Waals surface area (Å²) < 4.78 is 16.0. The second-order valence-corrected chi connectivity index (χ2v) is 8.14. The van der Waals surface area contributed by atoms with E-state index in [9.17, 15) is 9.59 Å². The first-order chi connectivity index (χ1) is 16.4. The second kappa shape index (κ2) is 11.7. The Bertz CT molecular complexity index is 1040. The predicted octanol–water partition coefficient (Wildman–Crippen LogP) is 3.57. The van der Waals surface area contributed by atoms with Crippen molar-refractivity contribution in [3.63, 3.8) is 0 Å². The van der Waals surface area contributed by atoms with Crippen molar-refractivity contribution in [2.75, 3.05) is 41.0 Å². The van der Waals surface area contributed by atoms with Crippen LogP contribution < -0.4 is 9.47 Å². The zero-order chi connectivity index (χ0) is 24.7. The quantitative estimate of drug-likeness (QED) is 0.534. The molecule has 182 valence electrons. The van der Waals surface area contributed by atoms with Crippen LogP contribution in [-0.2, 0) is 14.3 Å². The number of rotatable bonds is 10. The summed E-state index contributed by atoms with van der Waals surface area (Å²) in [6.45, 7) is 4.45. The monoisotopic (exact) mass is 467 g/mol. The molecule has 1 aliphatic heterocycles. The molecular formula is C26H33N3O5. The molecule has 3 rings (SSSR count). The van der Waals surface area contributed by atoms with Crippen molar-refractivity contribution in [3.8, 4) is 11.5 Å². The molecule has 8 nitrogen and oxygen atoms in total. The summed E-state index contributed by atoms with van der Waals surface area (Å²) >= 11 is 0. The largest absolute Gasteiger partial charge is 0.497 e. The van der Waals surface area contributed by atoms with Gasteiger partial charge in [-0.1, -0.05) is 36.8 Å². The zero-order valence-electron chi connectivity index (χ0n) is 20.5. The molecule has 2 aromatic carbocycles. The van der Waals surface area contributed by atoms with Crippen molar-refractivity contribution >= 4 is 17.5 Å². The number of carbonyl (C=O) groups is 2. The highest BCUT2D eigenvalue weighted by molar-refractivity contribution is 6.05. The van der Waals surface area contributed by atoms with Gasteiger partial charge in [0.1, 0.15) is 18.0 Å². The summed E-state index contributed by atoms with van der Waals surface area (Å²) in [5, 5.41) is 6.24. The van der Waals surface area contributed by atoms with Crippen LogP contribution in [0, 0.1) is 6.92 Å². The highest BCUT2D eigenvalue weighted by Crippen LogP contribution is 2.36. The number of hydrogen-bond acceptors (Lipinski definition) is 6. The Morgan fingerprint density at radius 1 is 1.09 bits per heavy atom. The van der Waals surface area contributed by atoms with Crippen molar-refractivity contribution in [2.45, 2.75) is 32.7 Å². The van der Waals surface area contributed by atoms with Crippen molar-refractivity contribution in [1.29, 1.82) is 0 Å². The fourth-order valence-corrected chi connectivity index (χ4v) is 3.94. The first-order valence-corrected chi connectivity index (χ1v) is 11.4. The van der Waals surface area contributed by atoms with Crippen LogP contribution in [0.2, 0.25) is 0 Å². The Kier molecular flexibility index (Phi) is 8.65. The summed E-state index contributed by atoms with van der Waals surface area (Å²) in [6, 6.07) is 13.3. The van der Waals surface area contributed by atoms with E-state index in [-0.39, 0.29) is 24.4 Å². The standard InChI is InChI=1S/C26H33N3O5/c1-6-25(30)28(13-14-32-3)17-26(31)29-23(19-9-7-18(2)8-10-19)16-22(27-29)21-12-11-20(33-4)15-24(21)34-5/h7-12,15,23H,6,13-14,16-17H2,1-5H3. The summed E-state index contributed by atoms with van der Waals surface area (Å²) in [7, 11) is 4.77. The number of methoxy groups -OCH3 is 3. The van der Waals surface area contributed by atoms with E-state index in [0.717, 1.165) is 22.4 Å². The molecule has 1 unspecified atom stereocenters. The highest BCUT2D eigenvalue weighted by atomic mass is 16.5. The van der Waals surface area contributed by atoms with E-state index in [1.165, 1.54) is 9.91 Å². The third kappa shape index (κ3) is 5.75. The van der Waals surface area contributed by atoms with Crippen molar-refractivity contribution in [3.05, 3.63) is 59.2 Å². The molecule has 1 aliphatic rings. The molecule has 0 saturated carbocycles. The molecule has 0 saturated heterocycles. The molecule has 0 N–H and O–H groups in total. The molecule has 1 heterocycles. The summed E-state index contributed by atoms with van der Waals surface area (Å²) in [4.78, 5) is 27.4. The van der Waals surface area contributed by atoms with E-state index < -0.39 is 0 Å². The van der Waals surface area contributed by atoms with Crippen LogP contribution in [0.4, 0.5) is 0 Å². The number of amides is 2. The number of benzene rings is 2. The number of nitrogens with zero attached hydrogens (tertiary/aromatic N) is 3. The van der Waals surface area contributed by atoms with E-state index in [2.05, 4.69) is 0 Å². The molecule has 0 radical (unpaired) electrons. The van der Waals surface area contributed by atoms with Crippen molar-refractivity contribution in [2.24, 2.45) is 5.10 Å². The predicted molar refractivity (Wildman–Crippen MR) is 130 cm³/mol. The number of hydrazone groups is 1. The highest BCUT2D eigenvalue weighted by Gasteiger charge is 2.35. The van der Waals surface area contributed by atoms with E-state index in [1.807, 2.05) is 43.3 Å². The van der Waals surface area contributed by atoms with E-state index in [4.69, 9.17) is 19.3 Å². The van der Waals surface area contributed by atoms with Crippen LogP contribution in [0.5, 0.6) is 11.5 Å². The fraction of sp³-hybridized carbons (Fsp3) is 0.423. The first kappa shape index (κ1) is 25.2. The molecular weight excluding hydrogens is 434 g/mol. The minimum atomic E-state index is -0.282. The number of hydrogen-bond donors (Lipinski definition) is 0. The lowest BCUT2D eigenvalue weighted by Gasteiger charge is -2.26. The Morgan fingerprint density at radius 3 is 2.44 bits per heavy atom. The summed E-state index contributed by atoms with van der Waals surface area (Å²) in [6.07, 6.45) is 0.841. The van der Waals surface area contributed by atoms with Gasteiger partial charge in [0.25, 0.3) is 5.91 Å². The molecule has 0 bridgehead atoms. The molecule has 0 aromatic heterocycles. The molecule has 0 spiro atoms. The Balaban J connectivity index is 1.95. The molecule has 2 amide bonds. The van der Waals surface area contributed by atoms with Crippen LogP contribution in [-0.4, -0.2) is 68.5 Å². The van der Waals surface area contributed by atoms with Gasteiger partial charge >= 0.3 is 0 Å². The average molecular weight is 468 g/mol. The molecule has 0 aliphatic carbocycles. The van der Waals surface area contributed by atoms with Crippen molar-refractivity contribution < 1.29 is 23.8 Å². The molecule has 8 heteroatoms. The van der Waals surface area contributed by atoms with Gasteiger partial charge in [0.2, 0.25) is 5.91 Å². The van der Waals surface area contributed by atoms with Crippen LogP contribution in [0.15, 0.2) is 47.6 Å².